The van der Waals surface area contributed by atoms with E-state index in [2.05, 4.69) is 17.1 Å². The topological polar surface area (TPSA) is 54.3 Å². The number of ether oxygens (including phenoxy) is 1. The molecule has 0 radical (unpaired) electrons. The minimum absolute atomic E-state index is 0.0269. The zero-order valence-corrected chi connectivity index (χ0v) is 17.4. The maximum Gasteiger partial charge on any atom is 0.242 e. The molecular formula is C22H24FN3O2S. The minimum atomic E-state index is -0.299. The summed E-state index contributed by atoms with van der Waals surface area (Å²) in [6, 6.07) is 13.7. The lowest BCUT2D eigenvalue weighted by Gasteiger charge is -2.16. The van der Waals surface area contributed by atoms with Gasteiger partial charge in [-0.05, 0) is 36.2 Å². The van der Waals surface area contributed by atoms with Crippen molar-refractivity contribution in [3.05, 3.63) is 65.5 Å². The number of hydrogen-bond acceptors (Lipinski definition) is 5. The molecular weight excluding hydrogens is 389 g/mol. The Morgan fingerprint density at radius 3 is 2.69 bits per heavy atom. The number of amides is 1. The molecule has 152 valence electrons. The quantitative estimate of drug-likeness (QED) is 0.459. The first-order valence-electron chi connectivity index (χ1n) is 9.59. The van der Waals surface area contributed by atoms with Gasteiger partial charge in [0.05, 0.1) is 25.1 Å². The maximum atomic E-state index is 13.2. The van der Waals surface area contributed by atoms with Crippen molar-refractivity contribution in [3.8, 4) is 5.75 Å². The van der Waals surface area contributed by atoms with Gasteiger partial charge in [0.1, 0.15) is 11.6 Å². The Balaban J connectivity index is 1.81. The van der Waals surface area contributed by atoms with Gasteiger partial charge in [-0.15, -0.1) is 5.10 Å². The highest BCUT2D eigenvalue weighted by Crippen LogP contribution is 2.32. The molecule has 3 rings (SSSR count). The molecule has 7 heteroatoms. The van der Waals surface area contributed by atoms with Gasteiger partial charge in [0.15, 0.2) is 5.17 Å². The maximum absolute atomic E-state index is 13.2. The number of para-hydroxylation sites is 1. The van der Waals surface area contributed by atoms with E-state index in [1.165, 1.54) is 23.9 Å². The van der Waals surface area contributed by atoms with Gasteiger partial charge in [0.2, 0.25) is 5.91 Å². The van der Waals surface area contributed by atoms with Crippen molar-refractivity contribution in [1.29, 1.82) is 0 Å². The van der Waals surface area contributed by atoms with Gasteiger partial charge in [-0.3, -0.25) is 9.69 Å². The summed E-state index contributed by atoms with van der Waals surface area (Å²) in [6.45, 7) is 2.45. The summed E-state index contributed by atoms with van der Waals surface area (Å²) in [7, 11) is 1.60. The Labute approximate surface area is 174 Å². The largest absolute Gasteiger partial charge is 0.496 e. The van der Waals surface area contributed by atoms with E-state index in [9.17, 15) is 9.18 Å². The molecule has 1 atom stereocenters. The fourth-order valence-corrected chi connectivity index (χ4v) is 4.13. The van der Waals surface area contributed by atoms with Crippen LogP contribution in [0.3, 0.4) is 0 Å². The zero-order valence-electron chi connectivity index (χ0n) is 16.5. The van der Waals surface area contributed by atoms with Crippen molar-refractivity contribution in [2.75, 3.05) is 7.11 Å². The van der Waals surface area contributed by atoms with Crippen LogP contribution in [0.5, 0.6) is 5.75 Å². The van der Waals surface area contributed by atoms with E-state index in [4.69, 9.17) is 4.74 Å². The Morgan fingerprint density at radius 1 is 1.21 bits per heavy atom. The molecule has 0 aliphatic carbocycles. The average Bonchev–Trinajstić information content (AvgIpc) is 3.03. The first-order valence-corrected chi connectivity index (χ1v) is 10.5. The number of unbranched alkanes of at least 4 members (excludes halogenated alkanes) is 1. The van der Waals surface area contributed by atoms with E-state index in [1.54, 1.807) is 30.4 Å². The van der Waals surface area contributed by atoms with Crippen LogP contribution in [-0.2, 0) is 11.3 Å². The molecule has 0 saturated carbocycles. The predicted octanol–water partition coefficient (Wildman–Crippen LogP) is 4.86. The molecule has 2 aromatic rings. The van der Waals surface area contributed by atoms with Gasteiger partial charge in [0, 0.05) is 5.56 Å². The van der Waals surface area contributed by atoms with Gasteiger partial charge in [-0.25, -0.2) is 4.39 Å². The molecule has 1 saturated heterocycles. The zero-order chi connectivity index (χ0) is 20.6. The number of thioether (sulfide) groups is 1. The number of benzene rings is 2. The first-order chi connectivity index (χ1) is 14.1. The highest BCUT2D eigenvalue weighted by Gasteiger charge is 2.37. The number of carbonyl (C=O) groups excluding carboxylic acids is 1. The number of rotatable bonds is 8. The number of halogens is 1. The summed E-state index contributed by atoms with van der Waals surface area (Å²) in [6.07, 6.45) is 4.42. The molecule has 1 heterocycles. The van der Waals surface area contributed by atoms with Gasteiger partial charge in [-0.1, -0.05) is 55.8 Å². The van der Waals surface area contributed by atoms with Gasteiger partial charge in [0.25, 0.3) is 0 Å². The second-order valence-electron chi connectivity index (χ2n) is 6.67. The van der Waals surface area contributed by atoms with Crippen molar-refractivity contribution in [2.24, 2.45) is 10.2 Å². The molecule has 0 aromatic heterocycles. The summed E-state index contributed by atoms with van der Waals surface area (Å²) in [5.74, 6) is 0.432. The summed E-state index contributed by atoms with van der Waals surface area (Å²) < 4.78 is 18.5. The van der Waals surface area contributed by atoms with Crippen molar-refractivity contribution < 1.29 is 13.9 Å². The minimum Gasteiger partial charge on any atom is -0.496 e. The fraction of sp³-hybridized carbons (Fsp3) is 0.318. The molecule has 2 aromatic carbocycles. The van der Waals surface area contributed by atoms with Crippen LogP contribution in [0, 0.1) is 5.82 Å². The molecule has 1 fully saturated rings. The summed E-state index contributed by atoms with van der Waals surface area (Å²) in [5.41, 5.74) is 1.65. The molecule has 29 heavy (non-hydrogen) atoms. The lowest BCUT2D eigenvalue weighted by molar-refractivity contribution is -0.126. The summed E-state index contributed by atoms with van der Waals surface area (Å²) in [5, 5.41) is 8.92. The summed E-state index contributed by atoms with van der Waals surface area (Å²) in [4.78, 5) is 14.5. The van der Waals surface area contributed by atoms with Crippen LogP contribution in [-0.4, -0.2) is 34.5 Å². The third-order valence-electron chi connectivity index (χ3n) is 4.57. The number of methoxy groups -OCH3 is 1. The highest BCUT2D eigenvalue weighted by atomic mass is 32.2. The van der Waals surface area contributed by atoms with Crippen LogP contribution in [0.15, 0.2) is 58.7 Å². The lowest BCUT2D eigenvalue weighted by Crippen LogP contribution is -2.31. The molecule has 1 aliphatic heterocycles. The van der Waals surface area contributed by atoms with Crippen LogP contribution in [0.25, 0.3) is 0 Å². The SMILES string of the molecule is CCCCC1S/C(=N/N=C/c2ccccc2OC)N(Cc2ccc(F)cc2)C1=O. The van der Waals surface area contributed by atoms with E-state index >= 15 is 0 Å². The van der Waals surface area contributed by atoms with Crippen LogP contribution in [0.1, 0.15) is 37.3 Å². The number of carbonyl (C=O) groups is 1. The Kier molecular flexibility index (Phi) is 7.41. The van der Waals surface area contributed by atoms with Gasteiger partial charge < -0.3 is 4.74 Å². The van der Waals surface area contributed by atoms with Crippen LogP contribution < -0.4 is 4.74 Å². The highest BCUT2D eigenvalue weighted by molar-refractivity contribution is 8.15. The van der Waals surface area contributed by atoms with Crippen LogP contribution in [0.2, 0.25) is 0 Å². The fourth-order valence-electron chi connectivity index (χ4n) is 2.99. The Bertz CT molecular complexity index is 899. The number of nitrogens with zero attached hydrogens (tertiary/aromatic N) is 3. The van der Waals surface area contributed by atoms with E-state index < -0.39 is 0 Å². The van der Waals surface area contributed by atoms with E-state index in [0.29, 0.717) is 17.5 Å². The molecule has 1 unspecified atom stereocenters. The first kappa shape index (κ1) is 21.0. The third-order valence-corrected chi connectivity index (χ3v) is 5.81. The van der Waals surface area contributed by atoms with Crippen molar-refractivity contribution in [1.82, 2.24) is 4.90 Å². The molecule has 0 bridgehead atoms. The number of hydrogen-bond donors (Lipinski definition) is 0. The average molecular weight is 414 g/mol. The lowest BCUT2D eigenvalue weighted by atomic mass is 10.1. The molecule has 1 aliphatic rings. The molecule has 5 nitrogen and oxygen atoms in total. The van der Waals surface area contributed by atoms with E-state index in [0.717, 1.165) is 30.4 Å². The third kappa shape index (κ3) is 5.44. The predicted molar refractivity (Wildman–Crippen MR) is 116 cm³/mol. The number of amidine groups is 1. The Morgan fingerprint density at radius 2 is 1.97 bits per heavy atom. The smallest absolute Gasteiger partial charge is 0.242 e. The van der Waals surface area contributed by atoms with E-state index in [1.807, 2.05) is 24.3 Å². The van der Waals surface area contributed by atoms with E-state index in [-0.39, 0.29) is 17.0 Å². The van der Waals surface area contributed by atoms with Crippen LogP contribution in [0.4, 0.5) is 4.39 Å². The van der Waals surface area contributed by atoms with Crippen molar-refractivity contribution in [3.63, 3.8) is 0 Å². The normalized spacial score (nSPS) is 18.2. The molecule has 0 spiro atoms. The second-order valence-corrected chi connectivity index (χ2v) is 7.84. The summed E-state index contributed by atoms with van der Waals surface area (Å²) >= 11 is 1.44. The van der Waals surface area contributed by atoms with Gasteiger partial charge >= 0.3 is 0 Å². The second kappa shape index (κ2) is 10.2. The molecule has 1 amide bonds. The van der Waals surface area contributed by atoms with Gasteiger partial charge in [-0.2, -0.15) is 5.10 Å². The van der Waals surface area contributed by atoms with Crippen molar-refractivity contribution in [2.45, 2.75) is 38.0 Å². The Hall–Kier alpha value is -2.67. The molecule has 0 N–H and O–H groups in total. The van der Waals surface area contributed by atoms with Crippen LogP contribution >= 0.6 is 11.8 Å². The van der Waals surface area contributed by atoms with Crippen molar-refractivity contribution >= 4 is 29.1 Å². The standard InChI is InChI=1S/C22H24FN3O2S/c1-3-4-9-20-21(27)26(15-16-10-12-18(23)13-11-16)22(29-20)25-24-14-17-7-5-6-8-19(17)28-2/h5-8,10-14,20H,3-4,9,15H2,1-2H3/b24-14+,25-22+. The monoisotopic (exact) mass is 413 g/mol.